The number of benzene rings is 2. The van der Waals surface area contributed by atoms with Crippen molar-refractivity contribution in [1.82, 2.24) is 4.98 Å². The molecule has 126 valence electrons. The molecule has 0 spiro atoms. The molecule has 1 aromatic heterocycles. The van der Waals surface area contributed by atoms with Gasteiger partial charge in [-0.15, -0.1) is 0 Å². The van der Waals surface area contributed by atoms with Crippen molar-refractivity contribution < 1.29 is 15.0 Å². The van der Waals surface area contributed by atoms with Crippen molar-refractivity contribution >= 4 is 22.4 Å². The van der Waals surface area contributed by atoms with Crippen molar-refractivity contribution in [2.45, 2.75) is 25.4 Å². The van der Waals surface area contributed by atoms with Crippen LogP contribution in [-0.4, -0.2) is 27.3 Å². The third kappa shape index (κ3) is 2.85. The van der Waals surface area contributed by atoms with Crippen LogP contribution in [0.15, 0.2) is 54.6 Å². The number of hydrogen-bond acceptors (Lipinski definition) is 2. The minimum atomic E-state index is -1.40. The number of allylic oxidation sites excluding steroid dienone is 2. The second-order valence-electron chi connectivity index (χ2n) is 6.45. The van der Waals surface area contributed by atoms with Gasteiger partial charge in [-0.1, -0.05) is 48.5 Å². The Morgan fingerprint density at radius 1 is 1.12 bits per heavy atom. The predicted molar refractivity (Wildman–Crippen MR) is 97.5 cm³/mol. The zero-order valence-corrected chi connectivity index (χ0v) is 13.7. The lowest BCUT2D eigenvalue weighted by Crippen LogP contribution is -2.22. The number of aromatic amines is 1. The van der Waals surface area contributed by atoms with E-state index in [1.54, 1.807) is 0 Å². The molecule has 0 radical (unpaired) electrons. The fourth-order valence-corrected chi connectivity index (χ4v) is 3.63. The van der Waals surface area contributed by atoms with Crippen LogP contribution in [0.3, 0.4) is 0 Å². The Balaban J connectivity index is 1.73. The van der Waals surface area contributed by atoms with Crippen molar-refractivity contribution in [2.24, 2.45) is 0 Å². The summed E-state index contributed by atoms with van der Waals surface area (Å²) in [5.74, 6) is -1.19. The molecular weight excluding hydrogens is 314 g/mol. The summed E-state index contributed by atoms with van der Waals surface area (Å²) in [7, 11) is 0. The largest absolute Gasteiger partial charge is 0.479 e. The van der Waals surface area contributed by atoms with E-state index in [4.69, 9.17) is 5.11 Å². The zero-order chi connectivity index (χ0) is 17.4. The Morgan fingerprint density at radius 3 is 2.72 bits per heavy atom. The number of rotatable bonds is 5. The second kappa shape index (κ2) is 6.22. The van der Waals surface area contributed by atoms with Gasteiger partial charge in [-0.3, -0.25) is 0 Å². The van der Waals surface area contributed by atoms with Gasteiger partial charge in [0.15, 0.2) is 6.10 Å². The molecule has 0 saturated carbocycles. The summed E-state index contributed by atoms with van der Waals surface area (Å²) in [6.07, 6.45) is 2.56. The summed E-state index contributed by atoms with van der Waals surface area (Å²) in [5, 5.41) is 19.9. The molecule has 1 aliphatic rings. The van der Waals surface area contributed by atoms with E-state index in [-0.39, 0.29) is 6.42 Å². The third-order valence-corrected chi connectivity index (χ3v) is 4.88. The number of aliphatic hydroxyl groups is 1. The molecule has 1 unspecified atom stereocenters. The topological polar surface area (TPSA) is 73.3 Å². The first kappa shape index (κ1) is 15.7. The lowest BCUT2D eigenvalue weighted by molar-refractivity contribution is -0.146. The van der Waals surface area contributed by atoms with E-state index >= 15 is 0 Å². The maximum absolute atomic E-state index is 11.1. The summed E-state index contributed by atoms with van der Waals surface area (Å²) in [6.45, 7) is 0. The Morgan fingerprint density at radius 2 is 1.88 bits per heavy atom. The molecule has 0 saturated heterocycles. The first-order valence-electron chi connectivity index (χ1n) is 8.40. The Labute approximate surface area is 145 Å². The number of aliphatic carboxylic acids is 1. The number of hydrogen-bond donors (Lipinski definition) is 3. The first-order valence-corrected chi connectivity index (χ1v) is 8.40. The molecule has 1 heterocycles. The highest BCUT2D eigenvalue weighted by molar-refractivity contribution is 5.87. The maximum Gasteiger partial charge on any atom is 0.332 e. The molecule has 4 rings (SSSR count). The van der Waals surface area contributed by atoms with Gasteiger partial charge in [-0.25, -0.2) is 4.79 Å². The number of fused-ring (bicyclic) bond motifs is 2. The van der Waals surface area contributed by atoms with E-state index in [1.165, 1.54) is 16.7 Å². The van der Waals surface area contributed by atoms with E-state index in [1.807, 2.05) is 36.4 Å². The molecule has 25 heavy (non-hydrogen) atoms. The molecule has 0 bridgehead atoms. The normalized spacial score (nSPS) is 14.4. The molecule has 4 nitrogen and oxygen atoms in total. The molecule has 2 aromatic carbocycles. The molecule has 0 aliphatic heterocycles. The average Bonchev–Trinajstić information content (AvgIpc) is 3.17. The van der Waals surface area contributed by atoms with Gasteiger partial charge in [0.05, 0.1) is 0 Å². The van der Waals surface area contributed by atoms with Crippen LogP contribution in [0.4, 0.5) is 0 Å². The monoisotopic (exact) mass is 333 g/mol. The van der Waals surface area contributed by atoms with E-state index in [0.717, 1.165) is 28.6 Å². The lowest BCUT2D eigenvalue weighted by atomic mass is 9.97. The molecule has 1 atom stereocenters. The SMILES string of the molecule is O=C(O)C(O)Cc1c(CC2=CCc3ccccc32)[nH]c2ccccc12. The van der Waals surface area contributed by atoms with E-state index < -0.39 is 12.1 Å². The molecular formula is C21H19NO3. The Kier molecular flexibility index (Phi) is 3.90. The summed E-state index contributed by atoms with van der Waals surface area (Å²) in [4.78, 5) is 14.5. The maximum atomic E-state index is 11.1. The van der Waals surface area contributed by atoms with Crippen LogP contribution in [0, 0.1) is 0 Å². The van der Waals surface area contributed by atoms with Crippen LogP contribution in [0.25, 0.3) is 16.5 Å². The van der Waals surface area contributed by atoms with Gasteiger partial charge in [0.1, 0.15) is 0 Å². The van der Waals surface area contributed by atoms with Gasteiger partial charge in [0, 0.05) is 29.4 Å². The number of carbonyl (C=O) groups is 1. The number of H-pyrrole nitrogens is 1. The fraction of sp³-hybridized carbons (Fsp3) is 0.190. The van der Waals surface area contributed by atoms with Gasteiger partial charge in [0.2, 0.25) is 0 Å². The van der Waals surface area contributed by atoms with E-state index in [9.17, 15) is 9.90 Å². The van der Waals surface area contributed by atoms with Crippen molar-refractivity contribution in [2.75, 3.05) is 0 Å². The minimum absolute atomic E-state index is 0.101. The highest BCUT2D eigenvalue weighted by Gasteiger charge is 2.22. The summed E-state index contributed by atoms with van der Waals surface area (Å²) in [5.41, 5.74) is 6.65. The van der Waals surface area contributed by atoms with Gasteiger partial charge in [0.25, 0.3) is 0 Å². The molecule has 3 N–H and O–H groups in total. The van der Waals surface area contributed by atoms with Crippen LogP contribution in [0.5, 0.6) is 0 Å². The highest BCUT2D eigenvalue weighted by Crippen LogP contribution is 2.33. The predicted octanol–water partition coefficient (Wildman–Crippen LogP) is 3.34. The van der Waals surface area contributed by atoms with Gasteiger partial charge >= 0.3 is 5.97 Å². The van der Waals surface area contributed by atoms with Gasteiger partial charge < -0.3 is 15.2 Å². The molecule has 0 fully saturated rings. The summed E-state index contributed by atoms with van der Waals surface area (Å²) >= 11 is 0. The lowest BCUT2D eigenvalue weighted by Gasteiger charge is -2.10. The average molecular weight is 333 g/mol. The number of nitrogens with one attached hydrogen (secondary N) is 1. The number of aliphatic hydroxyl groups excluding tert-OH is 1. The Bertz CT molecular complexity index is 984. The third-order valence-electron chi connectivity index (χ3n) is 4.88. The van der Waals surface area contributed by atoms with Crippen molar-refractivity contribution in [3.63, 3.8) is 0 Å². The zero-order valence-electron chi connectivity index (χ0n) is 13.7. The number of aromatic nitrogens is 1. The summed E-state index contributed by atoms with van der Waals surface area (Å²) in [6, 6.07) is 16.2. The van der Waals surface area contributed by atoms with Crippen LogP contribution in [-0.2, 0) is 24.1 Å². The van der Waals surface area contributed by atoms with Gasteiger partial charge in [-0.05, 0) is 34.8 Å². The number of carboxylic acids is 1. The van der Waals surface area contributed by atoms with Crippen LogP contribution >= 0.6 is 0 Å². The molecule has 4 heteroatoms. The smallest absolute Gasteiger partial charge is 0.332 e. The molecule has 0 amide bonds. The standard InChI is InChI=1S/C21H19NO3/c23-20(21(24)25)12-17-16-7-3-4-8-18(16)22-19(17)11-14-10-9-13-5-1-2-6-15(13)14/h1-8,10,20,22-23H,9,11-12H2,(H,24,25). The minimum Gasteiger partial charge on any atom is -0.479 e. The van der Waals surface area contributed by atoms with Crippen molar-refractivity contribution in [3.8, 4) is 0 Å². The fourth-order valence-electron chi connectivity index (χ4n) is 3.63. The van der Waals surface area contributed by atoms with E-state index in [0.29, 0.717) is 6.42 Å². The van der Waals surface area contributed by atoms with Crippen LogP contribution in [0.1, 0.15) is 22.4 Å². The quantitative estimate of drug-likeness (QED) is 0.670. The van der Waals surface area contributed by atoms with Crippen molar-refractivity contribution in [3.05, 3.63) is 77.0 Å². The number of carboxylic acid groups (broad SMARTS) is 1. The highest BCUT2D eigenvalue weighted by atomic mass is 16.4. The van der Waals surface area contributed by atoms with Crippen LogP contribution in [0.2, 0.25) is 0 Å². The Hall–Kier alpha value is -2.85. The molecule has 1 aliphatic carbocycles. The van der Waals surface area contributed by atoms with Gasteiger partial charge in [-0.2, -0.15) is 0 Å². The first-order chi connectivity index (χ1) is 12.1. The second-order valence-corrected chi connectivity index (χ2v) is 6.45. The van der Waals surface area contributed by atoms with E-state index in [2.05, 4.69) is 23.2 Å². The van der Waals surface area contributed by atoms with Crippen molar-refractivity contribution in [1.29, 1.82) is 0 Å². The summed E-state index contributed by atoms with van der Waals surface area (Å²) < 4.78 is 0. The van der Waals surface area contributed by atoms with Crippen LogP contribution < -0.4 is 0 Å². The molecule has 3 aromatic rings. The number of para-hydroxylation sites is 1.